The second kappa shape index (κ2) is 7.22. The maximum absolute atomic E-state index is 12.2. The number of rotatable bonds is 6. The highest BCUT2D eigenvalue weighted by Crippen LogP contribution is 2.13. The zero-order valence-corrected chi connectivity index (χ0v) is 13.7. The second-order valence-corrected chi connectivity index (χ2v) is 5.58. The van der Waals surface area contributed by atoms with E-state index in [1.807, 2.05) is 12.1 Å². The second-order valence-electron chi connectivity index (χ2n) is 5.15. The summed E-state index contributed by atoms with van der Waals surface area (Å²) in [6.07, 6.45) is 5.16. The van der Waals surface area contributed by atoms with Crippen LogP contribution in [0.3, 0.4) is 0 Å². The highest BCUT2D eigenvalue weighted by molar-refractivity contribution is 6.30. The van der Waals surface area contributed by atoms with Crippen LogP contribution in [0.1, 0.15) is 12.3 Å². The summed E-state index contributed by atoms with van der Waals surface area (Å²) in [7, 11) is 1.68. The van der Waals surface area contributed by atoms with E-state index in [9.17, 15) is 4.79 Å². The fraction of sp³-hybridized carbons (Fsp3) is 0.267. The number of carbonyl (C=O) groups excluding carboxylic acids is 1. The van der Waals surface area contributed by atoms with Crippen LogP contribution in [-0.4, -0.2) is 42.8 Å². The molecule has 0 aromatic carbocycles. The van der Waals surface area contributed by atoms with Crippen molar-refractivity contribution in [2.24, 2.45) is 0 Å². The first-order valence-corrected chi connectivity index (χ1v) is 7.65. The SMILES string of the molecule is CN(Cc1nc(-c2ccccn2)no1)C(=O)CCn1cc(Cl)cn1. The Morgan fingerprint density at radius 1 is 1.42 bits per heavy atom. The van der Waals surface area contributed by atoms with Crippen LogP contribution < -0.4 is 0 Å². The molecular weight excluding hydrogens is 332 g/mol. The first kappa shape index (κ1) is 16.1. The third-order valence-corrected chi connectivity index (χ3v) is 3.51. The average Bonchev–Trinajstić information content (AvgIpc) is 3.22. The maximum Gasteiger partial charge on any atom is 0.246 e. The van der Waals surface area contributed by atoms with Crippen LogP contribution in [0.25, 0.3) is 11.5 Å². The van der Waals surface area contributed by atoms with E-state index < -0.39 is 0 Å². The molecule has 0 saturated carbocycles. The maximum atomic E-state index is 12.2. The minimum atomic E-state index is -0.0563. The Morgan fingerprint density at radius 2 is 2.29 bits per heavy atom. The molecule has 124 valence electrons. The van der Waals surface area contributed by atoms with Gasteiger partial charge in [0.05, 0.1) is 17.8 Å². The zero-order valence-electron chi connectivity index (χ0n) is 13.0. The van der Waals surface area contributed by atoms with Crippen molar-refractivity contribution >= 4 is 17.5 Å². The normalized spacial score (nSPS) is 10.8. The summed E-state index contributed by atoms with van der Waals surface area (Å²) in [4.78, 5) is 22.1. The fourth-order valence-electron chi connectivity index (χ4n) is 2.07. The van der Waals surface area contributed by atoms with Gasteiger partial charge >= 0.3 is 0 Å². The molecule has 0 fully saturated rings. The number of hydrogen-bond donors (Lipinski definition) is 0. The topological polar surface area (TPSA) is 89.9 Å². The number of hydrogen-bond acceptors (Lipinski definition) is 6. The molecule has 0 aliphatic carbocycles. The van der Waals surface area contributed by atoms with Crippen molar-refractivity contribution in [2.75, 3.05) is 7.05 Å². The van der Waals surface area contributed by atoms with Crippen LogP contribution in [0.5, 0.6) is 0 Å². The highest BCUT2D eigenvalue weighted by atomic mass is 35.5. The molecule has 0 atom stereocenters. The van der Waals surface area contributed by atoms with Crippen molar-refractivity contribution in [3.8, 4) is 11.5 Å². The van der Waals surface area contributed by atoms with Crippen LogP contribution in [0.4, 0.5) is 0 Å². The molecule has 0 aliphatic rings. The van der Waals surface area contributed by atoms with Crippen LogP contribution in [-0.2, 0) is 17.9 Å². The first-order valence-electron chi connectivity index (χ1n) is 7.28. The van der Waals surface area contributed by atoms with Crippen LogP contribution in [0, 0.1) is 0 Å². The third kappa shape index (κ3) is 3.96. The number of carbonyl (C=O) groups is 1. The van der Waals surface area contributed by atoms with Gasteiger partial charge in [-0.15, -0.1) is 0 Å². The molecule has 0 bridgehead atoms. The summed E-state index contributed by atoms with van der Waals surface area (Å²) in [5.74, 6) is 0.700. The number of aromatic nitrogens is 5. The van der Waals surface area contributed by atoms with Gasteiger partial charge in [-0.1, -0.05) is 22.8 Å². The lowest BCUT2D eigenvalue weighted by Gasteiger charge is -2.14. The summed E-state index contributed by atoms with van der Waals surface area (Å²) < 4.78 is 6.80. The van der Waals surface area contributed by atoms with Crippen molar-refractivity contribution in [3.63, 3.8) is 0 Å². The van der Waals surface area contributed by atoms with Gasteiger partial charge in [-0.2, -0.15) is 10.1 Å². The lowest BCUT2D eigenvalue weighted by Crippen LogP contribution is -2.27. The van der Waals surface area contributed by atoms with Crippen molar-refractivity contribution in [3.05, 3.63) is 47.7 Å². The average molecular weight is 347 g/mol. The quantitative estimate of drug-likeness (QED) is 0.678. The fourth-order valence-corrected chi connectivity index (χ4v) is 2.23. The Bertz CT molecular complexity index is 816. The molecule has 0 N–H and O–H groups in total. The molecule has 0 unspecified atom stereocenters. The van der Waals surface area contributed by atoms with E-state index in [4.69, 9.17) is 16.1 Å². The van der Waals surface area contributed by atoms with E-state index in [-0.39, 0.29) is 12.5 Å². The van der Waals surface area contributed by atoms with E-state index in [0.29, 0.717) is 35.4 Å². The summed E-state index contributed by atoms with van der Waals surface area (Å²) in [6, 6.07) is 5.44. The Hall–Kier alpha value is -2.74. The van der Waals surface area contributed by atoms with Gasteiger partial charge in [0.1, 0.15) is 5.69 Å². The van der Waals surface area contributed by atoms with E-state index in [0.717, 1.165) is 0 Å². The number of pyridine rings is 1. The van der Waals surface area contributed by atoms with Gasteiger partial charge in [-0.05, 0) is 12.1 Å². The van der Waals surface area contributed by atoms with E-state index in [2.05, 4.69) is 20.2 Å². The van der Waals surface area contributed by atoms with Gasteiger partial charge in [-0.3, -0.25) is 14.5 Å². The smallest absolute Gasteiger partial charge is 0.246 e. The number of aryl methyl sites for hydroxylation is 1. The van der Waals surface area contributed by atoms with E-state index in [1.165, 1.54) is 11.1 Å². The summed E-state index contributed by atoms with van der Waals surface area (Å²) in [5.41, 5.74) is 0.622. The monoisotopic (exact) mass is 346 g/mol. The van der Waals surface area contributed by atoms with Gasteiger partial charge < -0.3 is 9.42 Å². The Kier molecular flexibility index (Phi) is 4.85. The lowest BCUT2D eigenvalue weighted by molar-refractivity contribution is -0.131. The molecule has 0 radical (unpaired) electrons. The third-order valence-electron chi connectivity index (χ3n) is 3.32. The van der Waals surface area contributed by atoms with Crippen molar-refractivity contribution in [2.45, 2.75) is 19.5 Å². The van der Waals surface area contributed by atoms with Gasteiger partial charge in [0.25, 0.3) is 0 Å². The zero-order chi connectivity index (χ0) is 16.9. The van der Waals surface area contributed by atoms with Gasteiger partial charge in [0.2, 0.25) is 17.6 Å². The first-order chi connectivity index (χ1) is 11.6. The molecule has 0 saturated heterocycles. The van der Waals surface area contributed by atoms with E-state index in [1.54, 1.807) is 30.2 Å². The van der Waals surface area contributed by atoms with E-state index >= 15 is 0 Å². The summed E-state index contributed by atoms with van der Waals surface area (Å²) in [6.45, 7) is 0.692. The molecule has 0 spiro atoms. The number of amides is 1. The predicted molar refractivity (Wildman–Crippen MR) is 85.9 cm³/mol. The Morgan fingerprint density at radius 3 is 3.00 bits per heavy atom. The van der Waals surface area contributed by atoms with Gasteiger partial charge in [0.15, 0.2) is 0 Å². The van der Waals surface area contributed by atoms with Crippen molar-refractivity contribution in [1.82, 2.24) is 29.8 Å². The molecule has 3 heterocycles. The molecule has 1 amide bonds. The minimum absolute atomic E-state index is 0.0563. The summed E-state index contributed by atoms with van der Waals surface area (Å²) >= 11 is 5.79. The van der Waals surface area contributed by atoms with Crippen molar-refractivity contribution in [1.29, 1.82) is 0 Å². The molecule has 24 heavy (non-hydrogen) atoms. The number of nitrogens with zero attached hydrogens (tertiary/aromatic N) is 6. The summed E-state index contributed by atoms with van der Waals surface area (Å²) in [5, 5.41) is 8.46. The molecule has 9 heteroatoms. The van der Waals surface area contributed by atoms with Crippen molar-refractivity contribution < 1.29 is 9.32 Å². The highest BCUT2D eigenvalue weighted by Gasteiger charge is 2.15. The molecule has 3 aromatic rings. The van der Waals surface area contributed by atoms with Crippen LogP contribution in [0.2, 0.25) is 5.02 Å². The molecule has 3 aromatic heterocycles. The van der Waals surface area contributed by atoms with Gasteiger partial charge in [0, 0.05) is 32.4 Å². The Labute approximate surface area is 143 Å². The largest absolute Gasteiger partial charge is 0.337 e. The lowest BCUT2D eigenvalue weighted by atomic mass is 10.3. The molecule has 3 rings (SSSR count). The predicted octanol–water partition coefficient (Wildman–Crippen LogP) is 2.03. The minimum Gasteiger partial charge on any atom is -0.337 e. The van der Waals surface area contributed by atoms with Crippen LogP contribution >= 0.6 is 11.6 Å². The molecule has 0 aliphatic heterocycles. The molecule has 8 nitrogen and oxygen atoms in total. The van der Waals surface area contributed by atoms with Crippen LogP contribution in [0.15, 0.2) is 41.3 Å². The number of halogens is 1. The Balaban J connectivity index is 1.55. The standard InChI is InChI=1S/C15H15ClN6O2/c1-21(14(23)5-7-22-9-11(16)8-18-22)10-13-19-15(20-24-13)12-4-2-3-6-17-12/h2-4,6,8-9H,5,7,10H2,1H3. The molecular formula is C15H15ClN6O2. The van der Waals surface area contributed by atoms with Gasteiger partial charge in [-0.25, -0.2) is 0 Å².